The fourth-order valence-electron chi connectivity index (χ4n) is 3.04. The Morgan fingerprint density at radius 2 is 1.95 bits per heavy atom. The van der Waals surface area contributed by atoms with Crippen LogP contribution in [0.3, 0.4) is 0 Å². The topological polar surface area (TPSA) is 44.8 Å². The summed E-state index contributed by atoms with van der Waals surface area (Å²) in [6.45, 7) is 14.2. The molecule has 2 fully saturated rings. The van der Waals surface area contributed by atoms with Gasteiger partial charge in [-0.05, 0) is 25.2 Å². The maximum absolute atomic E-state index is 12.1. The predicted octanol–water partition coefficient (Wildman–Crippen LogP) is 0.801. The summed E-state index contributed by atoms with van der Waals surface area (Å²) in [5, 5.41) is 3.04. The van der Waals surface area contributed by atoms with Crippen molar-refractivity contribution in [1.29, 1.82) is 0 Å². The summed E-state index contributed by atoms with van der Waals surface area (Å²) in [5.74, 6) is 1.39. The maximum Gasteiger partial charge on any atom is 0.237 e. The zero-order valence-electron chi connectivity index (χ0n) is 13.8. The van der Waals surface area contributed by atoms with E-state index in [4.69, 9.17) is 4.74 Å². The van der Waals surface area contributed by atoms with Crippen LogP contribution in [0.5, 0.6) is 0 Å². The van der Waals surface area contributed by atoms with Crippen LogP contribution in [0.25, 0.3) is 0 Å². The van der Waals surface area contributed by atoms with Crippen molar-refractivity contribution in [3.63, 3.8) is 0 Å². The molecule has 2 aliphatic rings. The molecule has 2 heterocycles. The standard InChI is InChI=1S/C16H31N3O2/c1-13(2)10-17-16(20)14(3)19-7-5-18(6-8-19)11-15-4-9-21-12-15/h13-15H,4-12H2,1-3H3,(H,17,20)/t14-,15-/m1/s1. The summed E-state index contributed by atoms with van der Waals surface area (Å²) < 4.78 is 5.45. The van der Waals surface area contributed by atoms with E-state index in [1.54, 1.807) is 0 Å². The quantitative estimate of drug-likeness (QED) is 0.788. The van der Waals surface area contributed by atoms with Crippen LogP contribution in [0.15, 0.2) is 0 Å². The molecule has 0 unspecified atom stereocenters. The van der Waals surface area contributed by atoms with Crippen molar-refractivity contribution in [3.8, 4) is 0 Å². The van der Waals surface area contributed by atoms with E-state index >= 15 is 0 Å². The smallest absolute Gasteiger partial charge is 0.237 e. The molecule has 21 heavy (non-hydrogen) atoms. The van der Waals surface area contributed by atoms with Crippen LogP contribution in [-0.4, -0.2) is 74.2 Å². The number of piperazine rings is 1. The van der Waals surface area contributed by atoms with Gasteiger partial charge < -0.3 is 15.0 Å². The van der Waals surface area contributed by atoms with Crippen molar-refractivity contribution in [2.75, 3.05) is 52.5 Å². The highest BCUT2D eigenvalue weighted by molar-refractivity contribution is 5.81. The Kier molecular flexibility index (Phi) is 6.45. The average Bonchev–Trinajstić information content (AvgIpc) is 2.97. The molecule has 2 rings (SSSR count). The Bertz CT molecular complexity index is 321. The lowest BCUT2D eigenvalue weighted by Crippen LogP contribution is -2.54. The molecule has 2 saturated heterocycles. The van der Waals surface area contributed by atoms with E-state index in [9.17, 15) is 4.79 Å². The highest BCUT2D eigenvalue weighted by Crippen LogP contribution is 2.15. The minimum Gasteiger partial charge on any atom is -0.381 e. The minimum atomic E-state index is -0.0132. The number of rotatable bonds is 6. The van der Waals surface area contributed by atoms with Crippen molar-refractivity contribution in [2.45, 2.75) is 33.2 Å². The maximum atomic E-state index is 12.1. The van der Waals surface area contributed by atoms with E-state index in [-0.39, 0.29) is 11.9 Å². The van der Waals surface area contributed by atoms with Crippen LogP contribution in [0.1, 0.15) is 27.2 Å². The van der Waals surface area contributed by atoms with Crippen LogP contribution >= 0.6 is 0 Å². The highest BCUT2D eigenvalue weighted by atomic mass is 16.5. The highest BCUT2D eigenvalue weighted by Gasteiger charge is 2.27. The van der Waals surface area contributed by atoms with Gasteiger partial charge in [-0.15, -0.1) is 0 Å². The fraction of sp³-hybridized carbons (Fsp3) is 0.938. The van der Waals surface area contributed by atoms with Crippen molar-refractivity contribution < 1.29 is 9.53 Å². The molecule has 1 amide bonds. The molecule has 122 valence electrons. The second kappa shape index (κ2) is 8.11. The largest absolute Gasteiger partial charge is 0.381 e. The second-order valence-corrected chi connectivity index (χ2v) is 6.88. The van der Waals surface area contributed by atoms with Crippen LogP contribution < -0.4 is 5.32 Å². The van der Waals surface area contributed by atoms with Gasteiger partial charge >= 0.3 is 0 Å². The van der Waals surface area contributed by atoms with Crippen molar-refractivity contribution >= 4 is 5.91 Å². The van der Waals surface area contributed by atoms with Gasteiger partial charge in [0.2, 0.25) is 5.91 Å². The molecule has 0 bridgehead atoms. The van der Waals surface area contributed by atoms with Crippen LogP contribution in [-0.2, 0) is 9.53 Å². The number of hydrogen-bond donors (Lipinski definition) is 1. The Morgan fingerprint density at radius 3 is 2.52 bits per heavy atom. The molecule has 2 atom stereocenters. The first-order valence-electron chi connectivity index (χ1n) is 8.38. The number of carbonyl (C=O) groups is 1. The van der Waals surface area contributed by atoms with E-state index in [1.807, 2.05) is 6.92 Å². The van der Waals surface area contributed by atoms with Crippen molar-refractivity contribution in [1.82, 2.24) is 15.1 Å². The minimum absolute atomic E-state index is 0.0132. The van der Waals surface area contributed by atoms with E-state index < -0.39 is 0 Å². The Morgan fingerprint density at radius 1 is 1.24 bits per heavy atom. The molecular weight excluding hydrogens is 266 g/mol. The lowest BCUT2D eigenvalue weighted by molar-refractivity contribution is -0.126. The molecule has 0 aromatic rings. The third kappa shape index (κ3) is 5.24. The fourth-order valence-corrected chi connectivity index (χ4v) is 3.04. The van der Waals surface area contributed by atoms with E-state index in [1.165, 1.54) is 6.42 Å². The zero-order valence-corrected chi connectivity index (χ0v) is 13.8. The van der Waals surface area contributed by atoms with Gasteiger partial charge in [-0.1, -0.05) is 13.8 Å². The molecule has 0 aromatic heterocycles. The first-order chi connectivity index (χ1) is 10.1. The lowest BCUT2D eigenvalue weighted by atomic mass is 10.1. The Hall–Kier alpha value is -0.650. The van der Waals surface area contributed by atoms with Gasteiger partial charge in [-0.3, -0.25) is 9.69 Å². The van der Waals surface area contributed by atoms with E-state index in [2.05, 4.69) is 29.0 Å². The number of amides is 1. The van der Waals surface area contributed by atoms with Gasteiger partial charge in [0.1, 0.15) is 0 Å². The van der Waals surface area contributed by atoms with Crippen LogP contribution in [0.4, 0.5) is 0 Å². The lowest BCUT2D eigenvalue weighted by Gasteiger charge is -2.38. The van der Waals surface area contributed by atoms with Gasteiger partial charge in [0.25, 0.3) is 0 Å². The number of carbonyl (C=O) groups excluding carboxylic acids is 1. The number of hydrogen-bond acceptors (Lipinski definition) is 4. The molecular formula is C16H31N3O2. The summed E-state index contributed by atoms with van der Waals surface area (Å²) in [6, 6.07) is -0.0132. The molecule has 5 nitrogen and oxygen atoms in total. The molecule has 0 saturated carbocycles. The molecule has 0 spiro atoms. The van der Waals surface area contributed by atoms with E-state index in [0.29, 0.717) is 11.8 Å². The predicted molar refractivity (Wildman–Crippen MR) is 84.2 cm³/mol. The van der Waals surface area contributed by atoms with Crippen LogP contribution in [0.2, 0.25) is 0 Å². The van der Waals surface area contributed by atoms with Gasteiger partial charge in [0, 0.05) is 45.9 Å². The average molecular weight is 297 g/mol. The van der Waals surface area contributed by atoms with Gasteiger partial charge in [0.15, 0.2) is 0 Å². The molecule has 1 N–H and O–H groups in total. The van der Waals surface area contributed by atoms with Gasteiger partial charge in [-0.2, -0.15) is 0 Å². The summed E-state index contributed by atoms with van der Waals surface area (Å²) in [7, 11) is 0. The Labute approximate surface area is 129 Å². The van der Waals surface area contributed by atoms with Crippen molar-refractivity contribution in [3.05, 3.63) is 0 Å². The summed E-state index contributed by atoms with van der Waals surface area (Å²) in [6.07, 6.45) is 1.20. The van der Waals surface area contributed by atoms with E-state index in [0.717, 1.165) is 52.5 Å². The monoisotopic (exact) mass is 297 g/mol. The normalized spacial score (nSPS) is 26.2. The number of ether oxygens (including phenoxy) is 1. The number of nitrogens with one attached hydrogen (secondary N) is 1. The van der Waals surface area contributed by atoms with Gasteiger partial charge in [0.05, 0.1) is 12.6 Å². The molecule has 0 aliphatic carbocycles. The second-order valence-electron chi connectivity index (χ2n) is 6.88. The van der Waals surface area contributed by atoms with Crippen molar-refractivity contribution in [2.24, 2.45) is 11.8 Å². The Balaban J connectivity index is 1.68. The summed E-state index contributed by atoms with van der Waals surface area (Å²) in [4.78, 5) is 16.9. The molecule has 0 radical (unpaired) electrons. The third-order valence-electron chi connectivity index (χ3n) is 4.56. The zero-order chi connectivity index (χ0) is 15.2. The first-order valence-corrected chi connectivity index (χ1v) is 8.38. The third-order valence-corrected chi connectivity index (χ3v) is 4.56. The number of nitrogens with zero attached hydrogens (tertiary/aromatic N) is 2. The summed E-state index contributed by atoms with van der Waals surface area (Å²) >= 11 is 0. The SMILES string of the molecule is CC(C)CNC(=O)[C@@H](C)N1CCN(C[C@H]2CCOC2)CC1. The van der Waals surface area contributed by atoms with Crippen LogP contribution in [0, 0.1) is 11.8 Å². The molecule has 5 heteroatoms. The molecule has 0 aromatic carbocycles. The molecule has 2 aliphatic heterocycles. The van der Waals surface area contributed by atoms with Gasteiger partial charge in [-0.25, -0.2) is 0 Å². The first kappa shape index (κ1) is 16.7. The summed E-state index contributed by atoms with van der Waals surface area (Å²) in [5.41, 5.74) is 0.